The van der Waals surface area contributed by atoms with Crippen molar-refractivity contribution in [2.75, 3.05) is 31.1 Å². The number of rotatable bonds is 5. The molecular weight excluding hydrogens is 408 g/mol. The van der Waals surface area contributed by atoms with Crippen molar-refractivity contribution in [1.82, 2.24) is 9.29 Å². The van der Waals surface area contributed by atoms with Gasteiger partial charge in [0.15, 0.2) is 0 Å². The summed E-state index contributed by atoms with van der Waals surface area (Å²) in [7, 11) is -3.53. The fraction of sp³-hybridized carbons (Fsp3) is 0.500. The maximum atomic E-state index is 13.1. The van der Waals surface area contributed by atoms with Crippen LogP contribution in [-0.4, -0.2) is 43.9 Å². The number of anilines is 1. The highest BCUT2D eigenvalue weighted by molar-refractivity contribution is 7.89. The first-order chi connectivity index (χ1) is 14.9. The van der Waals surface area contributed by atoms with Crippen LogP contribution in [0, 0.1) is 11.3 Å². The Kier molecular flexibility index (Phi) is 6.31. The first kappa shape index (κ1) is 21.8. The van der Waals surface area contributed by atoms with Crippen LogP contribution in [0.5, 0.6) is 0 Å². The molecule has 4 rings (SSSR count). The number of pyridine rings is 1. The molecule has 0 bridgehead atoms. The van der Waals surface area contributed by atoms with Crippen LogP contribution in [-0.2, 0) is 22.9 Å². The molecule has 31 heavy (non-hydrogen) atoms. The first-order valence-corrected chi connectivity index (χ1v) is 12.7. The molecule has 0 N–H and O–H groups in total. The number of fused-ring (bicyclic) bond motifs is 1. The largest absolute Gasteiger partial charge is 0.353 e. The molecule has 2 aromatic rings. The second kappa shape index (κ2) is 8.97. The Morgan fingerprint density at radius 1 is 1.10 bits per heavy atom. The molecule has 0 saturated carbocycles. The molecule has 1 aromatic carbocycles. The van der Waals surface area contributed by atoms with E-state index >= 15 is 0 Å². The van der Waals surface area contributed by atoms with Crippen molar-refractivity contribution in [3.63, 3.8) is 0 Å². The standard InChI is InChI=1S/C24H30N4O2S/c1-3-18(2)19-8-10-22(11-9-19)31(29,30)28-14-12-27(13-15-28)24-21(17-25)16-20-6-4-5-7-23(20)26-24/h8-11,16,18H,3-7,12-15H2,1-2H3. The summed E-state index contributed by atoms with van der Waals surface area (Å²) in [5.41, 5.74) is 4.04. The number of piperazine rings is 1. The minimum atomic E-state index is -3.53. The Morgan fingerprint density at radius 3 is 2.42 bits per heavy atom. The number of hydrogen-bond acceptors (Lipinski definition) is 5. The van der Waals surface area contributed by atoms with Gasteiger partial charge in [-0.1, -0.05) is 26.0 Å². The van der Waals surface area contributed by atoms with Crippen molar-refractivity contribution in [2.45, 2.75) is 56.8 Å². The molecule has 1 aromatic heterocycles. The van der Waals surface area contributed by atoms with Gasteiger partial charge in [0.25, 0.3) is 0 Å². The fourth-order valence-electron chi connectivity index (χ4n) is 4.44. The minimum absolute atomic E-state index is 0.345. The van der Waals surface area contributed by atoms with E-state index in [1.807, 2.05) is 18.2 Å². The summed E-state index contributed by atoms with van der Waals surface area (Å²) in [6.07, 6.45) is 5.24. The van der Waals surface area contributed by atoms with E-state index in [9.17, 15) is 13.7 Å². The van der Waals surface area contributed by atoms with Crippen molar-refractivity contribution in [3.05, 3.63) is 52.7 Å². The first-order valence-electron chi connectivity index (χ1n) is 11.2. The minimum Gasteiger partial charge on any atom is -0.353 e. The molecule has 1 fully saturated rings. The third-order valence-corrected chi connectivity index (χ3v) is 8.55. The highest BCUT2D eigenvalue weighted by Crippen LogP contribution is 2.28. The second-order valence-electron chi connectivity index (χ2n) is 8.55. The van der Waals surface area contributed by atoms with Gasteiger partial charge in [0, 0.05) is 31.9 Å². The Hall–Kier alpha value is -2.43. The molecule has 0 amide bonds. The number of sulfonamides is 1. The fourth-order valence-corrected chi connectivity index (χ4v) is 5.86. The molecule has 1 aliphatic heterocycles. The van der Waals surface area contributed by atoms with Crippen molar-refractivity contribution >= 4 is 15.8 Å². The number of aryl methyl sites for hydroxylation is 2. The predicted molar refractivity (Wildman–Crippen MR) is 122 cm³/mol. The highest BCUT2D eigenvalue weighted by atomic mass is 32.2. The van der Waals surface area contributed by atoms with Gasteiger partial charge in [-0.15, -0.1) is 0 Å². The lowest BCUT2D eigenvalue weighted by molar-refractivity contribution is 0.383. The Bertz CT molecular complexity index is 1080. The maximum Gasteiger partial charge on any atom is 0.243 e. The van der Waals surface area contributed by atoms with E-state index in [0.717, 1.165) is 43.4 Å². The van der Waals surface area contributed by atoms with Crippen LogP contribution in [0.1, 0.15) is 61.4 Å². The van der Waals surface area contributed by atoms with E-state index in [-0.39, 0.29) is 0 Å². The normalized spacial score (nSPS) is 18.3. The molecule has 1 saturated heterocycles. The lowest BCUT2D eigenvalue weighted by Gasteiger charge is -2.35. The number of nitrogens with zero attached hydrogens (tertiary/aromatic N) is 4. The monoisotopic (exact) mass is 438 g/mol. The lowest BCUT2D eigenvalue weighted by atomic mass is 9.95. The SMILES string of the molecule is CCC(C)c1ccc(S(=O)(=O)N2CCN(c3nc4c(cc3C#N)CCCC4)CC2)cc1. The van der Waals surface area contributed by atoms with Gasteiger partial charge in [0.2, 0.25) is 10.0 Å². The van der Waals surface area contributed by atoms with Gasteiger partial charge in [-0.2, -0.15) is 9.57 Å². The van der Waals surface area contributed by atoms with Crippen molar-refractivity contribution in [2.24, 2.45) is 0 Å². The van der Waals surface area contributed by atoms with Gasteiger partial charge in [-0.05, 0) is 67.3 Å². The summed E-state index contributed by atoms with van der Waals surface area (Å²) in [5.74, 6) is 1.12. The Balaban J connectivity index is 1.49. The lowest BCUT2D eigenvalue weighted by Crippen LogP contribution is -2.49. The molecule has 1 unspecified atom stereocenters. The van der Waals surface area contributed by atoms with Crippen LogP contribution >= 0.6 is 0 Å². The Labute approximate surface area is 185 Å². The molecular formula is C24H30N4O2S. The van der Waals surface area contributed by atoms with Crippen LogP contribution < -0.4 is 4.90 Å². The van der Waals surface area contributed by atoms with Gasteiger partial charge in [-0.3, -0.25) is 0 Å². The molecule has 1 aliphatic carbocycles. The predicted octanol–water partition coefficient (Wildman–Crippen LogP) is 3.86. The van der Waals surface area contributed by atoms with Crippen molar-refractivity contribution in [3.8, 4) is 6.07 Å². The molecule has 2 heterocycles. The van der Waals surface area contributed by atoms with Crippen LogP contribution in [0.25, 0.3) is 0 Å². The summed E-state index contributed by atoms with van der Waals surface area (Å²) < 4.78 is 27.8. The summed E-state index contributed by atoms with van der Waals surface area (Å²) in [4.78, 5) is 7.23. The number of aromatic nitrogens is 1. The van der Waals surface area contributed by atoms with Crippen LogP contribution in [0.15, 0.2) is 35.2 Å². The molecule has 0 spiro atoms. The smallest absolute Gasteiger partial charge is 0.243 e. The average Bonchev–Trinajstić information content (AvgIpc) is 2.82. The van der Waals surface area contributed by atoms with E-state index in [1.165, 1.54) is 5.56 Å². The van der Waals surface area contributed by atoms with Gasteiger partial charge >= 0.3 is 0 Å². The topological polar surface area (TPSA) is 77.3 Å². The van der Waals surface area contributed by atoms with E-state index in [1.54, 1.807) is 16.4 Å². The Morgan fingerprint density at radius 2 is 1.77 bits per heavy atom. The highest BCUT2D eigenvalue weighted by Gasteiger charge is 2.30. The van der Waals surface area contributed by atoms with E-state index in [2.05, 4.69) is 24.8 Å². The number of benzene rings is 1. The van der Waals surface area contributed by atoms with Crippen molar-refractivity contribution < 1.29 is 8.42 Å². The van der Waals surface area contributed by atoms with Crippen LogP contribution in [0.2, 0.25) is 0 Å². The molecule has 7 heteroatoms. The zero-order chi connectivity index (χ0) is 22.0. The number of nitriles is 1. The van der Waals surface area contributed by atoms with Gasteiger partial charge < -0.3 is 4.90 Å². The van der Waals surface area contributed by atoms with E-state index in [4.69, 9.17) is 4.98 Å². The van der Waals surface area contributed by atoms with E-state index < -0.39 is 10.0 Å². The molecule has 2 aliphatic rings. The van der Waals surface area contributed by atoms with E-state index in [0.29, 0.717) is 48.4 Å². The average molecular weight is 439 g/mol. The number of hydrogen-bond donors (Lipinski definition) is 0. The quantitative estimate of drug-likeness (QED) is 0.708. The maximum absolute atomic E-state index is 13.1. The zero-order valence-corrected chi connectivity index (χ0v) is 19.2. The molecule has 6 nitrogen and oxygen atoms in total. The zero-order valence-electron chi connectivity index (χ0n) is 18.3. The summed E-state index contributed by atoms with van der Waals surface area (Å²) in [6, 6.07) is 11.6. The summed E-state index contributed by atoms with van der Waals surface area (Å²) >= 11 is 0. The second-order valence-corrected chi connectivity index (χ2v) is 10.5. The van der Waals surface area contributed by atoms with Gasteiger partial charge in [0.1, 0.15) is 11.9 Å². The van der Waals surface area contributed by atoms with Gasteiger partial charge in [-0.25, -0.2) is 13.4 Å². The molecule has 0 radical (unpaired) electrons. The molecule has 1 atom stereocenters. The van der Waals surface area contributed by atoms with Crippen LogP contribution in [0.4, 0.5) is 5.82 Å². The summed E-state index contributed by atoms with van der Waals surface area (Å²) in [5, 5.41) is 9.64. The van der Waals surface area contributed by atoms with Gasteiger partial charge in [0.05, 0.1) is 10.5 Å². The third-order valence-electron chi connectivity index (χ3n) is 6.64. The summed E-state index contributed by atoms with van der Waals surface area (Å²) in [6.45, 7) is 6.12. The van der Waals surface area contributed by atoms with Crippen LogP contribution in [0.3, 0.4) is 0 Å². The van der Waals surface area contributed by atoms with Crippen molar-refractivity contribution in [1.29, 1.82) is 5.26 Å². The third kappa shape index (κ3) is 4.32. The molecule has 164 valence electrons.